The Balaban J connectivity index is 3.01. The van der Waals surface area contributed by atoms with Gasteiger partial charge in [-0.2, -0.15) is 0 Å². The van der Waals surface area contributed by atoms with E-state index in [9.17, 15) is 9.59 Å². The molecule has 0 radical (unpaired) electrons. The SMILES string of the molecule is CCOC(=O)c1nc(C)cc(=O)[nH]1. The number of rotatable bonds is 2. The fourth-order valence-corrected chi connectivity index (χ4v) is 0.875. The molecule has 0 spiro atoms. The Kier molecular flexibility index (Phi) is 2.79. The van der Waals surface area contributed by atoms with Crippen molar-refractivity contribution in [1.29, 1.82) is 0 Å². The summed E-state index contributed by atoms with van der Waals surface area (Å²) in [4.78, 5) is 28.1. The van der Waals surface area contributed by atoms with E-state index in [0.717, 1.165) is 0 Å². The number of aromatic nitrogens is 2. The number of hydrogen-bond donors (Lipinski definition) is 1. The van der Waals surface area contributed by atoms with Gasteiger partial charge in [0.05, 0.1) is 6.61 Å². The highest BCUT2D eigenvalue weighted by atomic mass is 16.5. The lowest BCUT2D eigenvalue weighted by molar-refractivity contribution is 0.0511. The van der Waals surface area contributed by atoms with Crippen LogP contribution in [0.5, 0.6) is 0 Å². The predicted octanol–water partition coefficient (Wildman–Crippen LogP) is 0.255. The van der Waals surface area contributed by atoms with Crippen LogP contribution in [0.1, 0.15) is 23.2 Å². The smallest absolute Gasteiger partial charge is 0.374 e. The monoisotopic (exact) mass is 182 g/mol. The molecule has 0 aliphatic rings. The van der Waals surface area contributed by atoms with Gasteiger partial charge in [-0.05, 0) is 13.8 Å². The van der Waals surface area contributed by atoms with Gasteiger partial charge in [-0.15, -0.1) is 0 Å². The van der Waals surface area contributed by atoms with E-state index < -0.39 is 5.97 Å². The average molecular weight is 182 g/mol. The largest absolute Gasteiger partial charge is 0.460 e. The fraction of sp³-hybridized carbons (Fsp3) is 0.375. The zero-order chi connectivity index (χ0) is 9.84. The van der Waals surface area contributed by atoms with Crippen LogP contribution in [0.15, 0.2) is 10.9 Å². The van der Waals surface area contributed by atoms with E-state index in [0.29, 0.717) is 5.69 Å². The molecule has 1 rings (SSSR count). The summed E-state index contributed by atoms with van der Waals surface area (Å²) in [6.45, 7) is 3.58. The minimum atomic E-state index is -0.608. The summed E-state index contributed by atoms with van der Waals surface area (Å²) in [5, 5.41) is 0. The molecule has 13 heavy (non-hydrogen) atoms. The van der Waals surface area contributed by atoms with E-state index in [-0.39, 0.29) is 18.0 Å². The van der Waals surface area contributed by atoms with Gasteiger partial charge in [0.15, 0.2) is 0 Å². The maximum atomic E-state index is 11.1. The molecule has 0 saturated heterocycles. The molecule has 1 aromatic rings. The van der Waals surface area contributed by atoms with Crippen LogP contribution in [-0.4, -0.2) is 22.5 Å². The number of hydrogen-bond acceptors (Lipinski definition) is 4. The molecule has 0 aliphatic heterocycles. The van der Waals surface area contributed by atoms with Crippen molar-refractivity contribution in [2.75, 3.05) is 6.61 Å². The van der Waals surface area contributed by atoms with E-state index in [1.165, 1.54) is 6.07 Å². The first-order valence-electron chi connectivity index (χ1n) is 3.88. The van der Waals surface area contributed by atoms with E-state index in [1.54, 1.807) is 13.8 Å². The lowest BCUT2D eigenvalue weighted by atomic mass is 10.4. The zero-order valence-electron chi connectivity index (χ0n) is 7.46. The molecule has 0 amide bonds. The Bertz CT molecular complexity index is 370. The summed E-state index contributed by atoms with van der Waals surface area (Å²) in [5.74, 6) is -0.657. The number of ether oxygens (including phenoxy) is 1. The Morgan fingerprint density at radius 2 is 2.38 bits per heavy atom. The van der Waals surface area contributed by atoms with Crippen LogP contribution in [-0.2, 0) is 4.74 Å². The maximum Gasteiger partial charge on any atom is 0.374 e. The molecule has 0 aliphatic carbocycles. The minimum absolute atomic E-state index is 0.0492. The van der Waals surface area contributed by atoms with E-state index >= 15 is 0 Å². The third-order valence-electron chi connectivity index (χ3n) is 1.34. The molecule has 5 heteroatoms. The van der Waals surface area contributed by atoms with Gasteiger partial charge >= 0.3 is 5.97 Å². The molecule has 0 atom stereocenters. The Morgan fingerprint density at radius 3 is 2.92 bits per heavy atom. The average Bonchev–Trinajstić information content (AvgIpc) is 2.03. The second kappa shape index (κ2) is 3.84. The molecule has 0 fully saturated rings. The van der Waals surface area contributed by atoms with Crippen molar-refractivity contribution < 1.29 is 9.53 Å². The number of H-pyrrole nitrogens is 1. The van der Waals surface area contributed by atoms with Crippen molar-refractivity contribution in [3.63, 3.8) is 0 Å². The molecule has 70 valence electrons. The molecule has 1 heterocycles. The van der Waals surface area contributed by atoms with E-state index in [1.807, 2.05) is 0 Å². The third kappa shape index (κ3) is 2.40. The number of esters is 1. The Morgan fingerprint density at radius 1 is 1.69 bits per heavy atom. The minimum Gasteiger partial charge on any atom is -0.460 e. The topological polar surface area (TPSA) is 72.0 Å². The third-order valence-corrected chi connectivity index (χ3v) is 1.34. The molecule has 0 aromatic carbocycles. The summed E-state index contributed by atoms with van der Waals surface area (Å²) in [7, 11) is 0. The molecular weight excluding hydrogens is 172 g/mol. The first kappa shape index (κ1) is 9.44. The molecule has 1 N–H and O–H groups in total. The molecule has 0 bridgehead atoms. The Labute approximate surface area is 74.8 Å². The summed E-state index contributed by atoms with van der Waals surface area (Å²) >= 11 is 0. The number of carbonyl (C=O) groups is 1. The van der Waals surface area contributed by atoms with Crippen LogP contribution in [0.4, 0.5) is 0 Å². The Hall–Kier alpha value is -1.65. The number of nitrogens with one attached hydrogen (secondary N) is 1. The molecule has 0 saturated carbocycles. The van der Waals surface area contributed by atoms with Crippen molar-refractivity contribution in [3.8, 4) is 0 Å². The highest BCUT2D eigenvalue weighted by Gasteiger charge is 2.09. The first-order chi connectivity index (χ1) is 6.13. The number of carbonyl (C=O) groups excluding carboxylic acids is 1. The van der Waals surface area contributed by atoms with Crippen molar-refractivity contribution in [3.05, 3.63) is 27.9 Å². The van der Waals surface area contributed by atoms with Crippen LogP contribution >= 0.6 is 0 Å². The first-order valence-corrected chi connectivity index (χ1v) is 3.88. The molecule has 1 aromatic heterocycles. The number of aryl methyl sites for hydroxylation is 1. The van der Waals surface area contributed by atoms with Gasteiger partial charge in [-0.3, -0.25) is 4.79 Å². The van der Waals surface area contributed by atoms with Crippen molar-refractivity contribution in [1.82, 2.24) is 9.97 Å². The summed E-state index contributed by atoms with van der Waals surface area (Å²) in [6.07, 6.45) is 0. The van der Waals surface area contributed by atoms with Crippen LogP contribution in [0, 0.1) is 6.92 Å². The summed E-state index contributed by atoms with van der Waals surface area (Å²) in [6, 6.07) is 1.31. The molecular formula is C8H10N2O3. The van der Waals surface area contributed by atoms with Gasteiger partial charge < -0.3 is 9.72 Å². The quantitative estimate of drug-likeness (QED) is 0.665. The molecule has 0 unspecified atom stereocenters. The lowest BCUT2D eigenvalue weighted by Crippen LogP contribution is -2.17. The normalized spacial score (nSPS) is 9.69. The van der Waals surface area contributed by atoms with Crippen LogP contribution in [0.2, 0.25) is 0 Å². The van der Waals surface area contributed by atoms with Gasteiger partial charge in [0.25, 0.3) is 5.56 Å². The highest BCUT2D eigenvalue weighted by molar-refractivity contribution is 5.84. The van der Waals surface area contributed by atoms with Crippen molar-refractivity contribution in [2.24, 2.45) is 0 Å². The zero-order valence-corrected chi connectivity index (χ0v) is 7.46. The van der Waals surface area contributed by atoms with E-state index in [2.05, 4.69) is 14.7 Å². The fourth-order valence-electron chi connectivity index (χ4n) is 0.875. The van der Waals surface area contributed by atoms with Gasteiger partial charge in [0, 0.05) is 11.8 Å². The predicted molar refractivity (Wildman–Crippen MR) is 45.6 cm³/mol. The van der Waals surface area contributed by atoms with E-state index in [4.69, 9.17) is 0 Å². The lowest BCUT2D eigenvalue weighted by Gasteiger charge is -2.00. The van der Waals surface area contributed by atoms with Crippen molar-refractivity contribution in [2.45, 2.75) is 13.8 Å². The van der Waals surface area contributed by atoms with Gasteiger partial charge in [-0.25, -0.2) is 9.78 Å². The van der Waals surface area contributed by atoms with Gasteiger partial charge in [0.1, 0.15) is 0 Å². The van der Waals surface area contributed by atoms with Crippen LogP contribution < -0.4 is 5.56 Å². The summed E-state index contributed by atoms with van der Waals surface area (Å²) in [5.41, 5.74) is 0.141. The number of nitrogens with zero attached hydrogens (tertiary/aromatic N) is 1. The van der Waals surface area contributed by atoms with Gasteiger partial charge in [0.2, 0.25) is 5.82 Å². The highest BCUT2D eigenvalue weighted by Crippen LogP contribution is 1.92. The van der Waals surface area contributed by atoms with Crippen LogP contribution in [0.3, 0.4) is 0 Å². The number of aromatic amines is 1. The molecule has 5 nitrogen and oxygen atoms in total. The maximum absolute atomic E-state index is 11.1. The second-order valence-corrected chi connectivity index (χ2v) is 2.46. The second-order valence-electron chi connectivity index (χ2n) is 2.46. The van der Waals surface area contributed by atoms with Crippen LogP contribution in [0.25, 0.3) is 0 Å². The van der Waals surface area contributed by atoms with Crippen molar-refractivity contribution >= 4 is 5.97 Å². The standard InChI is InChI=1S/C8H10N2O3/c1-3-13-8(12)7-9-5(2)4-6(11)10-7/h4H,3H2,1-2H3,(H,9,10,11). The van der Waals surface area contributed by atoms with Gasteiger partial charge in [-0.1, -0.05) is 0 Å². The summed E-state index contributed by atoms with van der Waals surface area (Å²) < 4.78 is 4.67.